The number of rotatable bonds is 22. The lowest BCUT2D eigenvalue weighted by atomic mass is 9.95. The van der Waals surface area contributed by atoms with E-state index in [0.29, 0.717) is 30.5 Å². The minimum Gasteiger partial charge on any atom is -0.508 e. The number of hydrogen-bond donors (Lipinski definition) is 11. The Morgan fingerprint density at radius 2 is 1.45 bits per heavy atom. The van der Waals surface area contributed by atoms with Gasteiger partial charge in [-0.15, -0.1) is 0 Å². The van der Waals surface area contributed by atoms with Crippen LogP contribution in [0.5, 0.6) is 5.75 Å². The molecule has 326 valence electrons. The first-order valence-corrected chi connectivity index (χ1v) is 20.4. The van der Waals surface area contributed by atoms with Crippen molar-refractivity contribution in [3.63, 3.8) is 0 Å². The van der Waals surface area contributed by atoms with Gasteiger partial charge in [-0.3, -0.25) is 29.0 Å². The van der Waals surface area contributed by atoms with Gasteiger partial charge in [0.05, 0.1) is 6.04 Å². The van der Waals surface area contributed by atoms with Crippen LogP contribution in [0.15, 0.2) is 59.7 Å². The number of H-pyrrole nitrogens is 1. The minimum absolute atomic E-state index is 0.0112. The molecule has 0 bridgehead atoms. The van der Waals surface area contributed by atoms with Crippen LogP contribution in [0.1, 0.15) is 70.9 Å². The van der Waals surface area contributed by atoms with Crippen LogP contribution >= 0.6 is 0 Å². The number of aliphatic imine (C=N–C) groups is 1. The smallest absolute Gasteiger partial charge is 0.326 e. The van der Waals surface area contributed by atoms with Crippen molar-refractivity contribution in [1.29, 1.82) is 0 Å². The van der Waals surface area contributed by atoms with Gasteiger partial charge in [0.15, 0.2) is 5.96 Å². The highest BCUT2D eigenvalue weighted by atomic mass is 16.4. The number of nitrogens with zero attached hydrogens (tertiary/aromatic N) is 1. The van der Waals surface area contributed by atoms with Crippen molar-refractivity contribution in [3.8, 4) is 5.75 Å². The number of benzene rings is 2. The number of amides is 5. The van der Waals surface area contributed by atoms with E-state index in [9.17, 15) is 39.0 Å². The highest BCUT2D eigenvalue weighted by Crippen LogP contribution is 2.20. The van der Waals surface area contributed by atoms with Gasteiger partial charge in [-0.25, -0.2) is 4.79 Å². The number of carboxylic acid groups (broad SMARTS) is 1. The van der Waals surface area contributed by atoms with Gasteiger partial charge in [-0.1, -0.05) is 64.4 Å². The third-order valence-electron chi connectivity index (χ3n) is 10.7. The number of carbonyl (C=O) groups excluding carboxylic acids is 5. The second-order valence-corrected chi connectivity index (χ2v) is 15.7. The van der Waals surface area contributed by atoms with E-state index in [1.165, 1.54) is 12.1 Å². The van der Waals surface area contributed by atoms with E-state index in [-0.39, 0.29) is 49.8 Å². The fraction of sp³-hybridized carbons (Fsp3) is 0.500. The molecule has 0 radical (unpaired) electrons. The molecule has 0 saturated carbocycles. The average molecular weight is 833 g/mol. The number of para-hydroxylation sites is 1. The van der Waals surface area contributed by atoms with Crippen molar-refractivity contribution in [2.45, 2.75) is 109 Å². The van der Waals surface area contributed by atoms with Gasteiger partial charge in [0.2, 0.25) is 29.5 Å². The molecule has 18 nitrogen and oxygen atoms in total. The van der Waals surface area contributed by atoms with Gasteiger partial charge in [0, 0.05) is 36.5 Å². The molecule has 1 aliphatic rings. The maximum Gasteiger partial charge on any atom is 0.326 e. The van der Waals surface area contributed by atoms with E-state index in [1.54, 1.807) is 39.1 Å². The Morgan fingerprint density at radius 3 is 2.08 bits per heavy atom. The fourth-order valence-electron chi connectivity index (χ4n) is 7.02. The maximum atomic E-state index is 14.5. The van der Waals surface area contributed by atoms with Crippen LogP contribution in [0.3, 0.4) is 0 Å². The summed E-state index contributed by atoms with van der Waals surface area (Å²) < 4.78 is 0. The Bertz CT molecular complexity index is 1970. The molecule has 0 spiro atoms. The van der Waals surface area contributed by atoms with Crippen LogP contribution in [-0.4, -0.2) is 106 Å². The molecule has 18 heteroatoms. The monoisotopic (exact) mass is 832 g/mol. The largest absolute Gasteiger partial charge is 0.508 e. The Morgan fingerprint density at radius 1 is 0.817 bits per heavy atom. The Hall–Kier alpha value is -6.17. The summed E-state index contributed by atoms with van der Waals surface area (Å²) in [7, 11) is 0. The SMILES string of the molecule is CC[C@H](C)[C@H](NC(=O)[C@H](Cc1c[nH]c2ccccc12)NC(=O)[C@H](Cc1ccc(O)cc1)NC(=O)[C@@H]1CCCN1)C(=O)N[C@H](C(=O)N[C@@H](CCCN=C(N)N)C(=O)O)C(C)C. The number of aromatic amines is 1. The predicted octanol–water partition coefficient (Wildman–Crippen LogP) is 0.675. The summed E-state index contributed by atoms with van der Waals surface area (Å²) in [5, 5.41) is 37.4. The Balaban J connectivity index is 1.59. The van der Waals surface area contributed by atoms with E-state index in [0.717, 1.165) is 17.3 Å². The molecule has 2 heterocycles. The van der Waals surface area contributed by atoms with Crippen LogP contribution < -0.4 is 43.4 Å². The standard InChI is InChI=1S/C42H60N10O8/c1-5-24(4)35(40(58)51-34(23(2)3)39(57)48-31(41(59)60)13-9-19-46-42(43)44)52-38(56)33(21-26-22-47-29-11-7-6-10-28(26)29)50-37(55)32(20-25-14-16-27(53)17-15-25)49-36(54)30-12-8-18-45-30/h6-7,10-11,14-17,22-24,30-35,45,47,53H,5,8-9,12-13,18-21H2,1-4H3,(H,48,57)(H,49,54)(H,50,55)(H,51,58)(H,52,56)(H,59,60)(H4,43,44,46)/t24-,30-,31-,32-,33-,34-,35-/m0/s1. The molecule has 1 aliphatic heterocycles. The number of guanidine groups is 1. The van der Waals surface area contributed by atoms with Crippen molar-refractivity contribution >= 4 is 52.4 Å². The van der Waals surface area contributed by atoms with Crippen molar-refractivity contribution in [1.82, 2.24) is 36.9 Å². The van der Waals surface area contributed by atoms with Gasteiger partial charge < -0.3 is 58.6 Å². The lowest BCUT2D eigenvalue weighted by Gasteiger charge is -2.30. The summed E-state index contributed by atoms with van der Waals surface area (Å²) in [5.74, 6) is -5.37. The Kier molecular flexibility index (Phi) is 17.3. The van der Waals surface area contributed by atoms with Gasteiger partial charge >= 0.3 is 5.97 Å². The minimum atomic E-state index is -1.28. The van der Waals surface area contributed by atoms with Crippen LogP contribution in [-0.2, 0) is 41.6 Å². The van der Waals surface area contributed by atoms with Crippen molar-refractivity contribution in [2.75, 3.05) is 13.1 Å². The van der Waals surface area contributed by atoms with E-state index in [1.807, 2.05) is 31.2 Å². The molecular formula is C42H60N10O8. The first kappa shape index (κ1) is 46.5. The fourth-order valence-corrected chi connectivity index (χ4v) is 7.02. The summed E-state index contributed by atoms with van der Waals surface area (Å²) >= 11 is 0. The third-order valence-corrected chi connectivity index (χ3v) is 10.7. The van der Waals surface area contributed by atoms with Gasteiger partial charge in [0.25, 0.3) is 0 Å². The number of aromatic nitrogens is 1. The number of phenols is 1. The number of hydrogen-bond acceptors (Lipinski definition) is 9. The number of phenolic OH excluding ortho intramolecular Hbond substituents is 1. The second-order valence-electron chi connectivity index (χ2n) is 15.7. The molecule has 60 heavy (non-hydrogen) atoms. The van der Waals surface area contributed by atoms with Crippen LogP contribution in [0.4, 0.5) is 0 Å². The number of carbonyl (C=O) groups is 6. The summed E-state index contributed by atoms with van der Waals surface area (Å²) in [5.41, 5.74) is 12.9. The zero-order valence-corrected chi connectivity index (χ0v) is 34.6. The predicted molar refractivity (Wildman–Crippen MR) is 226 cm³/mol. The molecule has 1 fully saturated rings. The molecule has 13 N–H and O–H groups in total. The first-order valence-electron chi connectivity index (χ1n) is 20.4. The molecule has 1 saturated heterocycles. The lowest BCUT2D eigenvalue weighted by Crippen LogP contribution is -2.61. The maximum absolute atomic E-state index is 14.5. The van der Waals surface area contributed by atoms with Gasteiger partial charge in [-0.2, -0.15) is 0 Å². The number of aromatic hydroxyl groups is 1. The molecule has 0 unspecified atom stereocenters. The lowest BCUT2D eigenvalue weighted by molar-refractivity contribution is -0.143. The molecule has 7 atom stereocenters. The molecule has 0 aliphatic carbocycles. The summed E-state index contributed by atoms with van der Waals surface area (Å²) in [6, 6.07) is 7.27. The van der Waals surface area contributed by atoms with E-state index < -0.39 is 77.7 Å². The van der Waals surface area contributed by atoms with Crippen LogP contribution in [0, 0.1) is 11.8 Å². The second kappa shape index (κ2) is 22.3. The number of fused-ring (bicyclic) bond motifs is 1. The van der Waals surface area contributed by atoms with Crippen molar-refractivity contribution < 1.29 is 39.0 Å². The number of nitrogens with one attached hydrogen (secondary N) is 7. The number of nitrogens with two attached hydrogens (primary N) is 2. The number of aliphatic carboxylic acids is 1. The first-order chi connectivity index (χ1) is 28.6. The normalized spacial score (nSPS) is 16.7. The molecule has 2 aromatic carbocycles. The summed E-state index contributed by atoms with van der Waals surface area (Å²) in [6.45, 7) is 7.82. The quantitative estimate of drug-likeness (QED) is 0.0380. The number of carboxylic acids is 1. The highest BCUT2D eigenvalue weighted by Gasteiger charge is 2.36. The summed E-state index contributed by atoms with van der Waals surface area (Å²) in [4.78, 5) is 88.7. The van der Waals surface area contributed by atoms with Gasteiger partial charge in [0.1, 0.15) is 36.0 Å². The van der Waals surface area contributed by atoms with Gasteiger partial charge in [-0.05, 0) is 73.4 Å². The van der Waals surface area contributed by atoms with Crippen LogP contribution in [0.2, 0.25) is 0 Å². The average Bonchev–Trinajstić information content (AvgIpc) is 3.91. The van der Waals surface area contributed by atoms with Crippen molar-refractivity contribution in [2.24, 2.45) is 28.3 Å². The molecular weight excluding hydrogens is 773 g/mol. The zero-order chi connectivity index (χ0) is 43.9. The van der Waals surface area contributed by atoms with E-state index in [2.05, 4.69) is 41.9 Å². The Labute approximate surface area is 349 Å². The highest BCUT2D eigenvalue weighted by molar-refractivity contribution is 5.97. The third kappa shape index (κ3) is 13.4. The molecule has 1 aromatic heterocycles. The molecule has 4 rings (SSSR count). The van der Waals surface area contributed by atoms with E-state index >= 15 is 0 Å². The van der Waals surface area contributed by atoms with Crippen molar-refractivity contribution in [3.05, 3.63) is 65.9 Å². The van der Waals surface area contributed by atoms with E-state index in [4.69, 9.17) is 11.5 Å². The molecule has 3 aromatic rings. The molecule has 5 amide bonds. The summed E-state index contributed by atoms with van der Waals surface area (Å²) in [6.07, 6.45) is 3.97. The van der Waals surface area contributed by atoms with Crippen LogP contribution in [0.25, 0.3) is 10.9 Å². The zero-order valence-electron chi connectivity index (χ0n) is 34.6. The topological polar surface area (TPSA) is 295 Å².